The lowest BCUT2D eigenvalue weighted by atomic mass is 10.2. The van der Waals surface area contributed by atoms with Gasteiger partial charge in [-0.05, 0) is 18.2 Å². The first-order valence-corrected chi connectivity index (χ1v) is 5.95. The number of ether oxygens (including phenoxy) is 2. The van der Waals surface area contributed by atoms with Crippen molar-refractivity contribution in [2.75, 3.05) is 14.2 Å². The Morgan fingerprint density at radius 2 is 2.11 bits per heavy atom. The molecule has 0 atom stereocenters. The van der Waals surface area contributed by atoms with Gasteiger partial charge in [0, 0.05) is 18.2 Å². The third-order valence-electron chi connectivity index (χ3n) is 2.51. The normalized spacial score (nSPS) is 10.5. The number of methoxy groups -OCH3 is 2. The Morgan fingerprint density at radius 1 is 1.32 bits per heavy atom. The summed E-state index contributed by atoms with van der Waals surface area (Å²) >= 11 is 5.90. The van der Waals surface area contributed by atoms with Crippen LogP contribution in [0.15, 0.2) is 29.1 Å². The molecule has 1 heterocycles. The second-order valence-corrected chi connectivity index (χ2v) is 4.30. The second kappa shape index (κ2) is 5.86. The van der Waals surface area contributed by atoms with Crippen LogP contribution < -0.4 is 10.3 Å². The summed E-state index contributed by atoms with van der Waals surface area (Å²) in [6.07, 6.45) is 0. The molecule has 2 aromatic rings. The molecule has 0 amide bonds. The van der Waals surface area contributed by atoms with Crippen LogP contribution in [-0.4, -0.2) is 24.2 Å². The van der Waals surface area contributed by atoms with Crippen LogP contribution in [0.4, 0.5) is 0 Å². The molecular formula is C13H13ClN2O3. The minimum absolute atomic E-state index is 0.242. The zero-order valence-corrected chi connectivity index (χ0v) is 11.3. The summed E-state index contributed by atoms with van der Waals surface area (Å²) in [5, 5.41) is 0.552. The molecule has 0 bridgehead atoms. The van der Waals surface area contributed by atoms with E-state index in [2.05, 4.69) is 9.97 Å². The summed E-state index contributed by atoms with van der Waals surface area (Å²) in [5.74, 6) is 0.971. The number of H-pyrrole nitrogens is 1. The monoisotopic (exact) mass is 280 g/mol. The quantitative estimate of drug-likeness (QED) is 0.933. The van der Waals surface area contributed by atoms with Crippen molar-refractivity contribution in [2.45, 2.75) is 6.61 Å². The molecule has 2 rings (SSSR count). The van der Waals surface area contributed by atoms with E-state index in [0.717, 1.165) is 0 Å². The van der Waals surface area contributed by atoms with Gasteiger partial charge in [-0.1, -0.05) is 11.6 Å². The summed E-state index contributed by atoms with van der Waals surface area (Å²) in [5.41, 5.74) is 0.981. The van der Waals surface area contributed by atoms with E-state index < -0.39 is 0 Å². The van der Waals surface area contributed by atoms with Gasteiger partial charge in [0.25, 0.3) is 5.56 Å². The van der Waals surface area contributed by atoms with E-state index in [4.69, 9.17) is 21.1 Å². The van der Waals surface area contributed by atoms with Crippen molar-refractivity contribution >= 4 is 11.6 Å². The second-order valence-electron chi connectivity index (χ2n) is 3.86. The molecule has 1 N–H and O–H groups in total. The van der Waals surface area contributed by atoms with Crippen LogP contribution in [0.5, 0.6) is 5.75 Å². The SMILES string of the molecule is COCc1cc(=O)[nH]c(-c2ccc(Cl)cc2OC)n1. The first kappa shape index (κ1) is 13.6. The average Bonchev–Trinajstić information content (AvgIpc) is 2.38. The van der Waals surface area contributed by atoms with Crippen LogP contribution in [0, 0.1) is 0 Å². The minimum Gasteiger partial charge on any atom is -0.496 e. The first-order valence-electron chi connectivity index (χ1n) is 5.57. The highest BCUT2D eigenvalue weighted by molar-refractivity contribution is 6.30. The molecule has 19 heavy (non-hydrogen) atoms. The lowest BCUT2D eigenvalue weighted by Gasteiger charge is -2.09. The zero-order chi connectivity index (χ0) is 13.8. The van der Waals surface area contributed by atoms with Crippen LogP contribution in [0.1, 0.15) is 5.69 Å². The summed E-state index contributed by atoms with van der Waals surface area (Å²) < 4.78 is 10.2. The summed E-state index contributed by atoms with van der Waals surface area (Å²) in [6.45, 7) is 0.271. The smallest absolute Gasteiger partial charge is 0.251 e. The first-order chi connectivity index (χ1) is 9.13. The maximum absolute atomic E-state index is 11.6. The Balaban J connectivity index is 2.55. The summed E-state index contributed by atoms with van der Waals surface area (Å²) in [7, 11) is 3.08. The average molecular weight is 281 g/mol. The molecule has 0 unspecified atom stereocenters. The molecule has 0 aliphatic carbocycles. The minimum atomic E-state index is -0.242. The van der Waals surface area contributed by atoms with Gasteiger partial charge in [-0.2, -0.15) is 0 Å². The Hall–Kier alpha value is -1.85. The van der Waals surface area contributed by atoms with E-state index in [1.807, 2.05) is 0 Å². The van der Waals surface area contributed by atoms with Crippen molar-refractivity contribution in [3.05, 3.63) is 45.3 Å². The van der Waals surface area contributed by atoms with Crippen molar-refractivity contribution in [2.24, 2.45) is 0 Å². The zero-order valence-electron chi connectivity index (χ0n) is 10.6. The number of halogens is 1. The van der Waals surface area contributed by atoms with Crippen molar-refractivity contribution < 1.29 is 9.47 Å². The van der Waals surface area contributed by atoms with Crippen molar-refractivity contribution in [3.8, 4) is 17.1 Å². The van der Waals surface area contributed by atoms with Crippen molar-refractivity contribution in [1.82, 2.24) is 9.97 Å². The Bertz CT molecular complexity index is 640. The Kier molecular flexibility index (Phi) is 4.19. The topological polar surface area (TPSA) is 64.2 Å². The van der Waals surface area contributed by atoms with Crippen LogP contribution in [0.2, 0.25) is 5.02 Å². The van der Waals surface area contributed by atoms with Gasteiger partial charge < -0.3 is 14.5 Å². The molecule has 1 aromatic carbocycles. The fourth-order valence-electron chi connectivity index (χ4n) is 1.72. The molecule has 0 fully saturated rings. The van der Waals surface area contributed by atoms with Crippen molar-refractivity contribution in [3.63, 3.8) is 0 Å². The maximum Gasteiger partial charge on any atom is 0.251 e. The number of aromatic nitrogens is 2. The predicted molar refractivity (Wildman–Crippen MR) is 72.6 cm³/mol. The molecule has 1 aromatic heterocycles. The van der Waals surface area contributed by atoms with E-state index in [-0.39, 0.29) is 12.2 Å². The molecule has 6 heteroatoms. The third-order valence-corrected chi connectivity index (χ3v) is 2.74. The van der Waals surface area contributed by atoms with Crippen LogP contribution >= 0.6 is 11.6 Å². The van der Waals surface area contributed by atoms with Gasteiger partial charge in [0.2, 0.25) is 0 Å². The Labute approximate surface area is 115 Å². The molecule has 100 valence electrons. The highest BCUT2D eigenvalue weighted by Crippen LogP contribution is 2.29. The highest BCUT2D eigenvalue weighted by Gasteiger charge is 2.10. The van der Waals surface area contributed by atoms with Gasteiger partial charge in [0.05, 0.1) is 25.0 Å². The van der Waals surface area contributed by atoms with Gasteiger partial charge in [-0.15, -0.1) is 0 Å². The van der Waals surface area contributed by atoms with Crippen molar-refractivity contribution in [1.29, 1.82) is 0 Å². The Morgan fingerprint density at radius 3 is 2.79 bits per heavy atom. The van der Waals surface area contributed by atoms with Gasteiger partial charge in [-0.25, -0.2) is 4.98 Å². The summed E-state index contributed by atoms with van der Waals surface area (Å²) in [4.78, 5) is 18.6. The lowest BCUT2D eigenvalue weighted by Crippen LogP contribution is -2.11. The van der Waals surface area contributed by atoms with E-state index in [9.17, 15) is 4.79 Å². The molecule has 0 saturated carbocycles. The van der Waals surface area contributed by atoms with E-state index in [0.29, 0.717) is 27.9 Å². The number of nitrogens with zero attached hydrogens (tertiary/aromatic N) is 1. The van der Waals surface area contributed by atoms with Gasteiger partial charge in [0.1, 0.15) is 11.6 Å². The summed E-state index contributed by atoms with van der Waals surface area (Å²) in [6, 6.07) is 6.52. The fraction of sp³-hybridized carbons (Fsp3) is 0.231. The van der Waals surface area contributed by atoms with Gasteiger partial charge in [-0.3, -0.25) is 4.79 Å². The van der Waals surface area contributed by atoms with Crippen LogP contribution in [0.25, 0.3) is 11.4 Å². The standard InChI is InChI=1S/C13H13ClN2O3/c1-18-7-9-6-12(17)16-13(15-9)10-4-3-8(14)5-11(10)19-2/h3-6H,7H2,1-2H3,(H,15,16,17). The molecule has 0 aliphatic rings. The molecule has 5 nitrogen and oxygen atoms in total. The number of nitrogens with one attached hydrogen (secondary N) is 1. The number of rotatable bonds is 4. The molecular weight excluding hydrogens is 268 g/mol. The molecule has 0 spiro atoms. The number of hydrogen-bond acceptors (Lipinski definition) is 4. The van der Waals surface area contributed by atoms with Crippen LogP contribution in [0.3, 0.4) is 0 Å². The number of benzene rings is 1. The number of aromatic amines is 1. The third kappa shape index (κ3) is 3.13. The van der Waals surface area contributed by atoms with Crippen LogP contribution in [-0.2, 0) is 11.3 Å². The molecule has 0 saturated heterocycles. The lowest BCUT2D eigenvalue weighted by molar-refractivity contribution is 0.181. The molecule has 0 radical (unpaired) electrons. The fourth-order valence-corrected chi connectivity index (χ4v) is 1.88. The van der Waals surface area contributed by atoms with E-state index >= 15 is 0 Å². The van der Waals surface area contributed by atoms with E-state index in [1.165, 1.54) is 13.2 Å². The number of hydrogen-bond donors (Lipinski definition) is 1. The highest BCUT2D eigenvalue weighted by atomic mass is 35.5. The largest absolute Gasteiger partial charge is 0.496 e. The predicted octanol–water partition coefficient (Wildman–Crippen LogP) is 2.25. The van der Waals surface area contributed by atoms with Gasteiger partial charge in [0.15, 0.2) is 0 Å². The molecule has 0 aliphatic heterocycles. The van der Waals surface area contributed by atoms with E-state index in [1.54, 1.807) is 25.3 Å². The maximum atomic E-state index is 11.6. The van der Waals surface area contributed by atoms with Gasteiger partial charge >= 0.3 is 0 Å².